The van der Waals surface area contributed by atoms with E-state index in [1.807, 2.05) is 18.2 Å². The van der Waals surface area contributed by atoms with Crippen LogP contribution in [0.15, 0.2) is 64.5 Å². The van der Waals surface area contributed by atoms with Gasteiger partial charge in [-0.2, -0.15) is 0 Å². The average Bonchev–Trinajstić information content (AvgIpc) is 2.71. The van der Waals surface area contributed by atoms with E-state index in [0.717, 1.165) is 10.9 Å². The molecular formula is C21H25BrN2O4S. The number of amides is 1. The Kier molecular flexibility index (Phi) is 8.43. The average molecular weight is 481 g/mol. The molecule has 2 rings (SSSR count). The van der Waals surface area contributed by atoms with Crippen molar-refractivity contribution in [3.05, 3.63) is 65.2 Å². The van der Waals surface area contributed by atoms with Gasteiger partial charge in [0.15, 0.2) is 6.61 Å². The second-order valence-corrected chi connectivity index (χ2v) is 9.12. The van der Waals surface area contributed by atoms with Gasteiger partial charge in [-0.1, -0.05) is 26.0 Å². The molecule has 1 amide bonds. The topological polar surface area (TPSA) is 84.5 Å². The SMILES string of the molecule is C=CCNS(=O)(=O)c1ccc(NC(=O)COc2ccc(C(C)CC)cc2Br)cc1. The van der Waals surface area contributed by atoms with Crippen LogP contribution in [0.2, 0.25) is 0 Å². The van der Waals surface area contributed by atoms with Crippen molar-refractivity contribution in [2.24, 2.45) is 0 Å². The van der Waals surface area contributed by atoms with Gasteiger partial charge in [-0.3, -0.25) is 4.79 Å². The van der Waals surface area contributed by atoms with Crippen LogP contribution in [0.4, 0.5) is 5.69 Å². The lowest BCUT2D eigenvalue weighted by Gasteiger charge is -2.13. The highest BCUT2D eigenvalue weighted by atomic mass is 79.9. The Labute approximate surface area is 180 Å². The molecule has 2 aromatic carbocycles. The summed E-state index contributed by atoms with van der Waals surface area (Å²) in [7, 11) is -3.59. The van der Waals surface area contributed by atoms with Crippen LogP contribution in [0.5, 0.6) is 5.75 Å². The number of halogens is 1. The molecule has 2 aromatic rings. The van der Waals surface area contributed by atoms with Crippen LogP contribution < -0.4 is 14.8 Å². The second-order valence-electron chi connectivity index (χ2n) is 6.50. The maximum absolute atomic E-state index is 12.1. The predicted octanol–water partition coefficient (Wildman–Crippen LogP) is 4.44. The third-order valence-corrected chi connectivity index (χ3v) is 6.42. The molecule has 29 heavy (non-hydrogen) atoms. The molecule has 0 spiro atoms. The number of anilines is 1. The zero-order chi connectivity index (χ0) is 21.4. The van der Waals surface area contributed by atoms with Gasteiger partial charge in [0.25, 0.3) is 5.91 Å². The Hall–Kier alpha value is -2.16. The summed E-state index contributed by atoms with van der Waals surface area (Å²) in [6.45, 7) is 7.74. The summed E-state index contributed by atoms with van der Waals surface area (Å²) in [5.74, 6) is 0.688. The van der Waals surface area contributed by atoms with Crippen LogP contribution in [-0.2, 0) is 14.8 Å². The number of sulfonamides is 1. The molecule has 156 valence electrons. The summed E-state index contributed by atoms with van der Waals surface area (Å²) >= 11 is 3.48. The molecule has 0 fully saturated rings. The van der Waals surface area contributed by atoms with E-state index >= 15 is 0 Å². The fraction of sp³-hybridized carbons (Fsp3) is 0.286. The molecule has 0 aliphatic carbocycles. The van der Waals surface area contributed by atoms with E-state index in [0.29, 0.717) is 17.4 Å². The van der Waals surface area contributed by atoms with Gasteiger partial charge in [-0.15, -0.1) is 6.58 Å². The maximum Gasteiger partial charge on any atom is 0.262 e. The van der Waals surface area contributed by atoms with Gasteiger partial charge >= 0.3 is 0 Å². The molecule has 1 unspecified atom stereocenters. The van der Waals surface area contributed by atoms with Gasteiger partial charge in [-0.25, -0.2) is 13.1 Å². The second kappa shape index (κ2) is 10.6. The van der Waals surface area contributed by atoms with Crippen LogP contribution in [-0.4, -0.2) is 27.5 Å². The van der Waals surface area contributed by atoms with Crippen molar-refractivity contribution in [2.75, 3.05) is 18.5 Å². The normalized spacial score (nSPS) is 12.2. The van der Waals surface area contributed by atoms with Gasteiger partial charge in [0.2, 0.25) is 10.0 Å². The molecule has 0 heterocycles. The first-order chi connectivity index (χ1) is 13.8. The zero-order valence-corrected chi connectivity index (χ0v) is 18.8. The van der Waals surface area contributed by atoms with Gasteiger partial charge < -0.3 is 10.1 Å². The smallest absolute Gasteiger partial charge is 0.262 e. The first kappa shape index (κ1) is 23.1. The monoisotopic (exact) mass is 480 g/mol. The molecule has 6 nitrogen and oxygen atoms in total. The number of carbonyl (C=O) groups is 1. The van der Waals surface area contributed by atoms with E-state index in [4.69, 9.17) is 4.74 Å². The minimum Gasteiger partial charge on any atom is -0.483 e. The van der Waals surface area contributed by atoms with E-state index in [9.17, 15) is 13.2 Å². The highest BCUT2D eigenvalue weighted by molar-refractivity contribution is 9.10. The molecule has 0 saturated heterocycles. The summed E-state index contributed by atoms with van der Waals surface area (Å²) in [6.07, 6.45) is 2.50. The molecule has 0 saturated carbocycles. The van der Waals surface area contributed by atoms with Crippen molar-refractivity contribution >= 4 is 37.5 Å². The van der Waals surface area contributed by atoms with Crippen LogP contribution in [0.25, 0.3) is 0 Å². The third-order valence-electron chi connectivity index (χ3n) is 4.36. The van der Waals surface area contributed by atoms with Crippen molar-refractivity contribution in [3.8, 4) is 5.75 Å². The predicted molar refractivity (Wildman–Crippen MR) is 119 cm³/mol. The van der Waals surface area contributed by atoms with E-state index in [-0.39, 0.29) is 24.0 Å². The maximum atomic E-state index is 12.1. The molecule has 0 radical (unpaired) electrons. The van der Waals surface area contributed by atoms with Gasteiger partial charge in [0.1, 0.15) is 5.75 Å². The van der Waals surface area contributed by atoms with Gasteiger partial charge in [0.05, 0.1) is 9.37 Å². The highest BCUT2D eigenvalue weighted by Gasteiger charge is 2.13. The number of rotatable bonds is 10. The van der Waals surface area contributed by atoms with Crippen LogP contribution in [0, 0.1) is 0 Å². The van der Waals surface area contributed by atoms with E-state index in [1.54, 1.807) is 0 Å². The standard InChI is InChI=1S/C21H25BrN2O4S/c1-4-12-23-29(26,27)18-9-7-17(8-10-18)24-21(25)14-28-20-11-6-16(13-19(20)22)15(3)5-2/h4,6-11,13,15,23H,1,5,12,14H2,2-3H3,(H,24,25). The van der Waals surface area contributed by atoms with Crippen LogP contribution in [0.3, 0.4) is 0 Å². The van der Waals surface area contributed by atoms with Gasteiger partial charge in [0, 0.05) is 12.2 Å². The Morgan fingerprint density at radius 3 is 2.52 bits per heavy atom. The molecule has 0 aromatic heterocycles. The van der Waals surface area contributed by atoms with E-state index in [2.05, 4.69) is 46.4 Å². The quantitative estimate of drug-likeness (QED) is 0.492. The fourth-order valence-corrected chi connectivity index (χ4v) is 4.00. The minimum atomic E-state index is -3.59. The lowest BCUT2D eigenvalue weighted by Crippen LogP contribution is -2.23. The zero-order valence-electron chi connectivity index (χ0n) is 16.4. The fourth-order valence-electron chi connectivity index (χ4n) is 2.49. The molecule has 0 aliphatic heterocycles. The van der Waals surface area contributed by atoms with Crippen molar-refractivity contribution in [1.82, 2.24) is 4.72 Å². The molecule has 1 atom stereocenters. The van der Waals surface area contributed by atoms with Crippen molar-refractivity contribution in [2.45, 2.75) is 31.1 Å². The Balaban J connectivity index is 1.93. The van der Waals surface area contributed by atoms with Crippen LogP contribution >= 0.6 is 15.9 Å². The molecule has 0 aliphatic rings. The molecule has 0 bridgehead atoms. The highest BCUT2D eigenvalue weighted by Crippen LogP contribution is 2.30. The number of nitrogens with one attached hydrogen (secondary N) is 2. The summed E-state index contributed by atoms with van der Waals surface area (Å²) in [5.41, 5.74) is 1.68. The summed E-state index contributed by atoms with van der Waals surface area (Å²) in [6, 6.07) is 11.7. The lowest BCUT2D eigenvalue weighted by atomic mass is 9.99. The number of hydrogen-bond acceptors (Lipinski definition) is 4. The Morgan fingerprint density at radius 1 is 1.24 bits per heavy atom. The summed E-state index contributed by atoms with van der Waals surface area (Å²) in [4.78, 5) is 12.3. The molecule has 8 heteroatoms. The molecule has 2 N–H and O–H groups in total. The summed E-state index contributed by atoms with van der Waals surface area (Å²) in [5, 5.41) is 2.68. The Bertz CT molecular complexity index is 959. The number of hydrogen-bond donors (Lipinski definition) is 2. The van der Waals surface area contributed by atoms with E-state index in [1.165, 1.54) is 35.9 Å². The number of benzene rings is 2. The largest absolute Gasteiger partial charge is 0.483 e. The minimum absolute atomic E-state index is 0.110. The van der Waals surface area contributed by atoms with Crippen molar-refractivity contribution in [1.29, 1.82) is 0 Å². The number of carbonyl (C=O) groups excluding carboxylic acids is 1. The van der Waals surface area contributed by atoms with E-state index < -0.39 is 10.0 Å². The van der Waals surface area contributed by atoms with Crippen molar-refractivity contribution < 1.29 is 17.9 Å². The Morgan fingerprint density at radius 2 is 1.93 bits per heavy atom. The van der Waals surface area contributed by atoms with Gasteiger partial charge in [-0.05, 0) is 70.2 Å². The number of ether oxygens (including phenoxy) is 1. The summed E-state index contributed by atoms with van der Waals surface area (Å²) < 4.78 is 32.8. The first-order valence-corrected chi connectivity index (χ1v) is 11.5. The first-order valence-electron chi connectivity index (χ1n) is 9.19. The molecular weight excluding hydrogens is 456 g/mol. The third kappa shape index (κ3) is 6.69. The lowest BCUT2D eigenvalue weighted by molar-refractivity contribution is -0.118. The van der Waals surface area contributed by atoms with Crippen molar-refractivity contribution in [3.63, 3.8) is 0 Å². The van der Waals surface area contributed by atoms with Crippen LogP contribution in [0.1, 0.15) is 31.7 Å².